The SMILES string of the molecule is O=C1N/C(=C/c2ccc(-c3ccccc3)cc2)C(=O)N1Cc1ccc(Cl)cc1. The van der Waals surface area contributed by atoms with Crippen molar-refractivity contribution in [2.75, 3.05) is 0 Å². The third-order valence-corrected chi connectivity index (χ3v) is 4.80. The summed E-state index contributed by atoms with van der Waals surface area (Å²) in [5, 5.41) is 3.26. The van der Waals surface area contributed by atoms with Crippen LogP contribution < -0.4 is 5.32 Å². The number of hydrogen-bond donors (Lipinski definition) is 1. The van der Waals surface area contributed by atoms with Crippen LogP contribution in [0, 0.1) is 0 Å². The molecule has 1 heterocycles. The van der Waals surface area contributed by atoms with Gasteiger partial charge in [0.25, 0.3) is 5.91 Å². The molecular formula is C23H17ClN2O2. The first-order chi connectivity index (χ1) is 13.6. The first-order valence-electron chi connectivity index (χ1n) is 8.84. The van der Waals surface area contributed by atoms with Crippen molar-refractivity contribution in [1.29, 1.82) is 0 Å². The summed E-state index contributed by atoms with van der Waals surface area (Å²) in [6, 6.07) is 24.5. The van der Waals surface area contributed by atoms with Crippen LogP contribution >= 0.6 is 11.6 Å². The minimum Gasteiger partial charge on any atom is -0.303 e. The van der Waals surface area contributed by atoms with Gasteiger partial charge >= 0.3 is 6.03 Å². The van der Waals surface area contributed by atoms with Crippen molar-refractivity contribution in [3.8, 4) is 11.1 Å². The summed E-state index contributed by atoms with van der Waals surface area (Å²) in [5.74, 6) is -0.341. The van der Waals surface area contributed by atoms with Crippen molar-refractivity contribution in [2.24, 2.45) is 0 Å². The summed E-state index contributed by atoms with van der Waals surface area (Å²) in [6.45, 7) is 0.201. The molecule has 0 unspecified atom stereocenters. The van der Waals surface area contributed by atoms with Crippen LogP contribution in [0.3, 0.4) is 0 Å². The number of carbonyl (C=O) groups is 2. The molecule has 1 N–H and O–H groups in total. The number of imide groups is 1. The Morgan fingerprint density at radius 3 is 2.14 bits per heavy atom. The van der Waals surface area contributed by atoms with Crippen molar-refractivity contribution >= 4 is 29.6 Å². The van der Waals surface area contributed by atoms with E-state index in [2.05, 4.69) is 5.32 Å². The number of rotatable bonds is 4. The maximum Gasteiger partial charge on any atom is 0.329 e. The average Bonchev–Trinajstić information content (AvgIpc) is 2.98. The van der Waals surface area contributed by atoms with Gasteiger partial charge in [0.05, 0.1) is 6.54 Å². The third kappa shape index (κ3) is 3.82. The van der Waals surface area contributed by atoms with E-state index < -0.39 is 6.03 Å². The highest BCUT2D eigenvalue weighted by Crippen LogP contribution is 2.22. The molecule has 0 aromatic heterocycles. The molecule has 3 amide bonds. The number of nitrogens with one attached hydrogen (secondary N) is 1. The Morgan fingerprint density at radius 2 is 1.46 bits per heavy atom. The van der Waals surface area contributed by atoms with Crippen LogP contribution in [0.2, 0.25) is 5.02 Å². The first-order valence-corrected chi connectivity index (χ1v) is 9.22. The number of benzene rings is 3. The van der Waals surface area contributed by atoms with E-state index in [4.69, 9.17) is 11.6 Å². The number of nitrogens with zero attached hydrogens (tertiary/aromatic N) is 1. The fraction of sp³-hybridized carbons (Fsp3) is 0.0435. The lowest BCUT2D eigenvalue weighted by molar-refractivity contribution is -0.123. The molecule has 0 spiro atoms. The molecule has 1 aliphatic rings. The predicted molar refractivity (Wildman–Crippen MR) is 110 cm³/mol. The zero-order valence-electron chi connectivity index (χ0n) is 14.9. The Hall–Kier alpha value is -3.37. The Labute approximate surface area is 168 Å². The van der Waals surface area contributed by atoms with E-state index in [0.29, 0.717) is 5.02 Å². The van der Waals surface area contributed by atoms with Gasteiger partial charge in [-0.1, -0.05) is 78.3 Å². The standard InChI is InChI=1S/C23H17ClN2O2/c24-20-12-8-17(9-13-20)15-26-22(27)21(25-23(26)28)14-16-6-10-19(11-7-16)18-4-2-1-3-5-18/h1-14H,15H2,(H,25,28)/b21-14+. The summed E-state index contributed by atoms with van der Waals surface area (Å²) >= 11 is 5.88. The maximum atomic E-state index is 12.6. The number of urea groups is 1. The molecule has 0 bridgehead atoms. The molecule has 0 atom stereocenters. The average molecular weight is 389 g/mol. The molecule has 3 aromatic carbocycles. The highest BCUT2D eigenvalue weighted by molar-refractivity contribution is 6.30. The van der Waals surface area contributed by atoms with Gasteiger partial charge in [-0.3, -0.25) is 9.69 Å². The highest BCUT2D eigenvalue weighted by Gasteiger charge is 2.33. The van der Waals surface area contributed by atoms with Gasteiger partial charge in [-0.05, 0) is 40.5 Å². The molecule has 1 saturated heterocycles. The van der Waals surface area contributed by atoms with Gasteiger partial charge in [0.2, 0.25) is 0 Å². The minimum atomic E-state index is -0.424. The Kier molecular flexibility index (Phi) is 4.96. The Morgan fingerprint density at radius 1 is 0.821 bits per heavy atom. The van der Waals surface area contributed by atoms with Gasteiger partial charge in [-0.25, -0.2) is 4.79 Å². The van der Waals surface area contributed by atoms with E-state index in [0.717, 1.165) is 22.3 Å². The molecule has 138 valence electrons. The second kappa shape index (κ2) is 7.71. The molecule has 5 heteroatoms. The maximum absolute atomic E-state index is 12.6. The molecule has 1 aliphatic heterocycles. The van der Waals surface area contributed by atoms with E-state index in [1.165, 1.54) is 4.90 Å². The first kappa shape index (κ1) is 18.0. The molecule has 3 aromatic rings. The molecule has 28 heavy (non-hydrogen) atoms. The van der Waals surface area contributed by atoms with Crippen LogP contribution in [-0.2, 0) is 11.3 Å². The lowest BCUT2D eigenvalue weighted by Crippen LogP contribution is -2.30. The summed E-state index contributed by atoms with van der Waals surface area (Å²) in [6.07, 6.45) is 1.69. The normalized spacial score (nSPS) is 15.2. The van der Waals surface area contributed by atoms with Gasteiger partial charge in [-0.2, -0.15) is 0 Å². The van der Waals surface area contributed by atoms with Crippen molar-refractivity contribution in [3.05, 3.63) is 101 Å². The number of hydrogen-bond acceptors (Lipinski definition) is 2. The second-order valence-electron chi connectivity index (χ2n) is 6.49. The fourth-order valence-corrected chi connectivity index (χ4v) is 3.18. The zero-order valence-corrected chi connectivity index (χ0v) is 15.7. The number of halogens is 1. The number of amides is 3. The molecule has 1 fully saturated rings. The van der Waals surface area contributed by atoms with Crippen molar-refractivity contribution < 1.29 is 9.59 Å². The van der Waals surface area contributed by atoms with Gasteiger partial charge in [-0.15, -0.1) is 0 Å². The molecule has 0 radical (unpaired) electrons. The van der Waals surface area contributed by atoms with Crippen LogP contribution in [0.15, 0.2) is 84.6 Å². The second-order valence-corrected chi connectivity index (χ2v) is 6.93. The fourth-order valence-electron chi connectivity index (χ4n) is 3.06. The monoisotopic (exact) mass is 388 g/mol. The van der Waals surface area contributed by atoms with E-state index >= 15 is 0 Å². The Balaban J connectivity index is 1.51. The van der Waals surface area contributed by atoms with Crippen LogP contribution in [0.25, 0.3) is 17.2 Å². The summed E-state index contributed by atoms with van der Waals surface area (Å²) in [4.78, 5) is 26.0. The van der Waals surface area contributed by atoms with Gasteiger partial charge in [0.1, 0.15) is 5.70 Å². The minimum absolute atomic E-state index is 0.201. The molecule has 0 saturated carbocycles. The van der Waals surface area contributed by atoms with Gasteiger partial charge in [0, 0.05) is 5.02 Å². The van der Waals surface area contributed by atoms with E-state index in [9.17, 15) is 9.59 Å². The van der Waals surface area contributed by atoms with Crippen LogP contribution in [-0.4, -0.2) is 16.8 Å². The van der Waals surface area contributed by atoms with Gasteiger partial charge < -0.3 is 5.32 Å². The Bertz CT molecular complexity index is 1040. The van der Waals surface area contributed by atoms with Crippen molar-refractivity contribution in [1.82, 2.24) is 10.2 Å². The molecule has 4 nitrogen and oxygen atoms in total. The molecule has 0 aliphatic carbocycles. The van der Waals surface area contributed by atoms with Crippen LogP contribution in [0.1, 0.15) is 11.1 Å². The van der Waals surface area contributed by atoms with E-state index in [1.807, 2.05) is 54.6 Å². The quantitative estimate of drug-likeness (QED) is 0.499. The summed E-state index contributed by atoms with van der Waals surface area (Å²) in [5.41, 5.74) is 4.17. The predicted octanol–water partition coefficient (Wildman–Crippen LogP) is 5.10. The van der Waals surface area contributed by atoms with E-state index in [1.54, 1.807) is 30.3 Å². The van der Waals surface area contributed by atoms with Gasteiger partial charge in [0.15, 0.2) is 0 Å². The van der Waals surface area contributed by atoms with Crippen molar-refractivity contribution in [2.45, 2.75) is 6.54 Å². The van der Waals surface area contributed by atoms with Crippen molar-refractivity contribution in [3.63, 3.8) is 0 Å². The van der Waals surface area contributed by atoms with E-state index in [-0.39, 0.29) is 18.1 Å². The topological polar surface area (TPSA) is 49.4 Å². The molecular weight excluding hydrogens is 372 g/mol. The number of carbonyl (C=O) groups excluding carboxylic acids is 2. The van der Waals surface area contributed by atoms with Crippen LogP contribution in [0.5, 0.6) is 0 Å². The highest BCUT2D eigenvalue weighted by atomic mass is 35.5. The lowest BCUT2D eigenvalue weighted by Gasteiger charge is -2.11. The third-order valence-electron chi connectivity index (χ3n) is 4.55. The summed E-state index contributed by atoms with van der Waals surface area (Å²) < 4.78 is 0. The molecule has 4 rings (SSSR count). The summed E-state index contributed by atoms with van der Waals surface area (Å²) in [7, 11) is 0. The zero-order chi connectivity index (χ0) is 19.5. The lowest BCUT2D eigenvalue weighted by atomic mass is 10.0. The smallest absolute Gasteiger partial charge is 0.303 e. The largest absolute Gasteiger partial charge is 0.329 e. The van der Waals surface area contributed by atoms with Crippen LogP contribution in [0.4, 0.5) is 4.79 Å².